The van der Waals surface area contributed by atoms with Gasteiger partial charge in [-0.3, -0.25) is 14.5 Å². The predicted octanol–water partition coefficient (Wildman–Crippen LogP) is 2.50. The van der Waals surface area contributed by atoms with Gasteiger partial charge in [0.15, 0.2) is 5.13 Å². The molecular weight excluding hydrogens is 336 g/mol. The molecule has 2 heterocycles. The van der Waals surface area contributed by atoms with E-state index >= 15 is 0 Å². The van der Waals surface area contributed by atoms with E-state index in [-0.39, 0.29) is 17.9 Å². The molecule has 2 aromatic rings. The number of thiazole rings is 1. The molecule has 1 aromatic heterocycles. The van der Waals surface area contributed by atoms with Gasteiger partial charge in [0.05, 0.1) is 5.69 Å². The average molecular weight is 358 g/mol. The second kappa shape index (κ2) is 8.22. The summed E-state index contributed by atoms with van der Waals surface area (Å²) in [4.78, 5) is 30.0. The van der Waals surface area contributed by atoms with Gasteiger partial charge in [0.1, 0.15) is 0 Å². The monoisotopic (exact) mass is 358 g/mol. The van der Waals surface area contributed by atoms with Crippen molar-refractivity contribution >= 4 is 28.3 Å². The number of anilines is 1. The van der Waals surface area contributed by atoms with E-state index in [1.165, 1.54) is 18.3 Å². The SMILES string of the molecule is CC(=O)Nc1nc(CN2CCC(NC(=O)c3ccccc3)CC2)cs1. The van der Waals surface area contributed by atoms with E-state index in [0.29, 0.717) is 10.7 Å². The van der Waals surface area contributed by atoms with Crippen LogP contribution in [0.4, 0.5) is 5.13 Å². The van der Waals surface area contributed by atoms with Gasteiger partial charge in [-0.15, -0.1) is 11.3 Å². The van der Waals surface area contributed by atoms with Gasteiger partial charge in [-0.05, 0) is 25.0 Å². The maximum atomic E-state index is 12.2. The smallest absolute Gasteiger partial charge is 0.251 e. The van der Waals surface area contributed by atoms with E-state index in [1.807, 2.05) is 35.7 Å². The standard InChI is InChI=1S/C18H22N4O2S/c1-13(23)19-18-21-16(12-25-18)11-22-9-7-15(8-10-22)20-17(24)14-5-3-2-4-6-14/h2-6,12,15H,7-11H2,1H3,(H,20,24)(H,19,21,23). The number of hydrogen-bond donors (Lipinski definition) is 2. The molecule has 1 aliphatic heterocycles. The van der Waals surface area contributed by atoms with Crippen LogP contribution in [-0.4, -0.2) is 40.8 Å². The number of rotatable bonds is 5. The van der Waals surface area contributed by atoms with Gasteiger partial charge >= 0.3 is 0 Å². The molecule has 0 aliphatic carbocycles. The van der Waals surface area contributed by atoms with Crippen LogP contribution < -0.4 is 10.6 Å². The van der Waals surface area contributed by atoms with Gasteiger partial charge in [-0.1, -0.05) is 18.2 Å². The largest absolute Gasteiger partial charge is 0.349 e. The zero-order chi connectivity index (χ0) is 17.6. The molecule has 132 valence electrons. The summed E-state index contributed by atoms with van der Waals surface area (Å²) in [6, 6.07) is 9.54. The van der Waals surface area contributed by atoms with E-state index in [9.17, 15) is 9.59 Å². The maximum Gasteiger partial charge on any atom is 0.251 e. The van der Waals surface area contributed by atoms with Crippen LogP contribution in [-0.2, 0) is 11.3 Å². The van der Waals surface area contributed by atoms with Crippen molar-refractivity contribution in [2.75, 3.05) is 18.4 Å². The van der Waals surface area contributed by atoms with E-state index in [2.05, 4.69) is 20.5 Å². The van der Waals surface area contributed by atoms with Gasteiger partial charge < -0.3 is 10.6 Å². The van der Waals surface area contributed by atoms with E-state index in [4.69, 9.17) is 0 Å². The summed E-state index contributed by atoms with van der Waals surface area (Å²) >= 11 is 1.45. The van der Waals surface area contributed by atoms with Crippen molar-refractivity contribution in [3.8, 4) is 0 Å². The van der Waals surface area contributed by atoms with Gasteiger partial charge in [-0.25, -0.2) is 4.98 Å². The molecular formula is C18H22N4O2S. The molecule has 25 heavy (non-hydrogen) atoms. The highest BCUT2D eigenvalue weighted by atomic mass is 32.1. The molecule has 0 radical (unpaired) electrons. The second-order valence-corrected chi connectivity index (χ2v) is 7.07. The minimum absolute atomic E-state index is 0.00139. The zero-order valence-corrected chi connectivity index (χ0v) is 15.0. The Hall–Kier alpha value is -2.25. The van der Waals surface area contributed by atoms with Crippen molar-refractivity contribution in [3.63, 3.8) is 0 Å². The van der Waals surface area contributed by atoms with Gasteiger partial charge in [-0.2, -0.15) is 0 Å². The van der Waals surface area contributed by atoms with Crippen molar-refractivity contribution in [3.05, 3.63) is 47.0 Å². The van der Waals surface area contributed by atoms with Crippen molar-refractivity contribution in [1.82, 2.24) is 15.2 Å². The first-order valence-electron chi connectivity index (χ1n) is 8.40. The van der Waals surface area contributed by atoms with E-state index < -0.39 is 0 Å². The average Bonchev–Trinajstić information content (AvgIpc) is 3.03. The molecule has 0 unspecified atom stereocenters. The van der Waals surface area contributed by atoms with Crippen molar-refractivity contribution < 1.29 is 9.59 Å². The molecule has 0 atom stereocenters. The Morgan fingerprint density at radius 3 is 2.64 bits per heavy atom. The van der Waals surface area contributed by atoms with Crippen LogP contribution in [0.25, 0.3) is 0 Å². The Labute approximate surface area is 151 Å². The first kappa shape index (κ1) is 17.6. The topological polar surface area (TPSA) is 74.3 Å². The van der Waals surface area contributed by atoms with Crippen LogP contribution >= 0.6 is 11.3 Å². The summed E-state index contributed by atoms with van der Waals surface area (Å²) in [7, 11) is 0. The van der Waals surface area contributed by atoms with Crippen LogP contribution in [0.3, 0.4) is 0 Å². The number of amides is 2. The van der Waals surface area contributed by atoms with Crippen LogP contribution in [0.5, 0.6) is 0 Å². The number of nitrogens with zero attached hydrogens (tertiary/aromatic N) is 2. The number of nitrogens with one attached hydrogen (secondary N) is 2. The Bertz CT molecular complexity index is 724. The Morgan fingerprint density at radius 1 is 1.24 bits per heavy atom. The number of aromatic nitrogens is 1. The molecule has 0 saturated carbocycles. The number of hydrogen-bond acceptors (Lipinski definition) is 5. The fourth-order valence-electron chi connectivity index (χ4n) is 2.91. The fourth-order valence-corrected chi connectivity index (χ4v) is 3.66. The minimum Gasteiger partial charge on any atom is -0.349 e. The maximum absolute atomic E-state index is 12.2. The minimum atomic E-state index is -0.101. The normalized spacial score (nSPS) is 15.7. The summed E-state index contributed by atoms with van der Waals surface area (Å²) in [6.45, 7) is 4.10. The molecule has 1 aromatic carbocycles. The highest BCUT2D eigenvalue weighted by Crippen LogP contribution is 2.19. The molecule has 0 spiro atoms. The molecule has 1 saturated heterocycles. The van der Waals surface area contributed by atoms with Crippen LogP contribution in [0, 0.1) is 0 Å². The Kier molecular flexibility index (Phi) is 5.78. The highest BCUT2D eigenvalue weighted by Gasteiger charge is 2.21. The third kappa shape index (κ3) is 5.11. The number of benzene rings is 1. The number of piperidine rings is 1. The molecule has 2 N–H and O–H groups in total. The number of carbonyl (C=O) groups is 2. The molecule has 3 rings (SSSR count). The molecule has 6 nitrogen and oxygen atoms in total. The molecule has 1 aliphatic rings. The van der Waals surface area contributed by atoms with Crippen molar-refractivity contribution in [2.45, 2.75) is 32.4 Å². The third-order valence-corrected chi connectivity index (χ3v) is 4.99. The van der Waals surface area contributed by atoms with Crippen LogP contribution in [0.1, 0.15) is 35.8 Å². The van der Waals surface area contributed by atoms with Crippen molar-refractivity contribution in [2.24, 2.45) is 0 Å². The first-order chi connectivity index (χ1) is 12.1. The second-order valence-electron chi connectivity index (χ2n) is 6.22. The summed E-state index contributed by atoms with van der Waals surface area (Å²) < 4.78 is 0. The fraction of sp³-hybridized carbons (Fsp3) is 0.389. The van der Waals surface area contributed by atoms with Gasteiger partial charge in [0, 0.05) is 43.5 Å². The van der Waals surface area contributed by atoms with E-state index in [0.717, 1.165) is 38.2 Å². The van der Waals surface area contributed by atoms with Crippen molar-refractivity contribution in [1.29, 1.82) is 0 Å². The lowest BCUT2D eigenvalue weighted by atomic mass is 10.0. The zero-order valence-electron chi connectivity index (χ0n) is 14.2. The van der Waals surface area contributed by atoms with Crippen LogP contribution in [0.15, 0.2) is 35.7 Å². The predicted molar refractivity (Wildman–Crippen MR) is 98.6 cm³/mol. The quantitative estimate of drug-likeness (QED) is 0.861. The van der Waals surface area contributed by atoms with Crippen LogP contribution in [0.2, 0.25) is 0 Å². The lowest BCUT2D eigenvalue weighted by Crippen LogP contribution is -2.44. The number of likely N-dealkylation sites (tertiary alicyclic amines) is 1. The molecule has 1 fully saturated rings. The van der Waals surface area contributed by atoms with Gasteiger partial charge in [0.25, 0.3) is 5.91 Å². The molecule has 0 bridgehead atoms. The Morgan fingerprint density at radius 2 is 1.96 bits per heavy atom. The summed E-state index contributed by atoms with van der Waals surface area (Å²) in [5.74, 6) is -0.102. The van der Waals surface area contributed by atoms with Gasteiger partial charge in [0.2, 0.25) is 5.91 Å². The lowest BCUT2D eigenvalue weighted by molar-refractivity contribution is -0.114. The summed E-state index contributed by atoms with van der Waals surface area (Å²) in [6.07, 6.45) is 1.86. The lowest BCUT2D eigenvalue weighted by Gasteiger charge is -2.31. The Balaban J connectivity index is 1.45. The highest BCUT2D eigenvalue weighted by molar-refractivity contribution is 7.13. The summed E-state index contributed by atoms with van der Waals surface area (Å²) in [5, 5.41) is 8.45. The number of carbonyl (C=O) groups excluding carboxylic acids is 2. The molecule has 2 amide bonds. The summed E-state index contributed by atoms with van der Waals surface area (Å²) in [5.41, 5.74) is 1.68. The van der Waals surface area contributed by atoms with E-state index in [1.54, 1.807) is 0 Å². The molecule has 7 heteroatoms. The first-order valence-corrected chi connectivity index (χ1v) is 9.28. The third-order valence-electron chi connectivity index (χ3n) is 4.18.